The second kappa shape index (κ2) is 10.8. The van der Waals surface area contributed by atoms with Gasteiger partial charge in [0, 0.05) is 32.2 Å². The maximum Gasteiger partial charge on any atom is 0.236 e. The lowest BCUT2D eigenvalue weighted by Gasteiger charge is -2.32. The van der Waals surface area contributed by atoms with Gasteiger partial charge in [-0.15, -0.1) is 0 Å². The van der Waals surface area contributed by atoms with Gasteiger partial charge in [-0.3, -0.25) is 4.79 Å². The molecule has 0 unspecified atom stereocenters. The zero-order chi connectivity index (χ0) is 19.6. The molecule has 2 fully saturated rings. The fraction of sp³-hybridized carbons (Fsp3) is 0.435. The predicted octanol–water partition coefficient (Wildman–Crippen LogP) is 2.78. The van der Waals surface area contributed by atoms with Crippen molar-refractivity contribution in [2.24, 2.45) is 0 Å². The van der Waals surface area contributed by atoms with Crippen LogP contribution in [0.25, 0.3) is 0 Å². The molecule has 1 saturated carbocycles. The number of nitrogens with zero attached hydrogens (tertiary/aromatic N) is 2. The Kier molecular flexibility index (Phi) is 7.88. The molecule has 2 aromatic rings. The molecular weight excluding hydrogens is 350 g/mol. The number of hydrogen-bond acceptors (Lipinski definition) is 4. The highest BCUT2D eigenvalue weighted by atomic mass is 16.5. The Morgan fingerprint density at radius 1 is 0.964 bits per heavy atom. The van der Waals surface area contributed by atoms with Gasteiger partial charge < -0.3 is 19.9 Å². The zero-order valence-corrected chi connectivity index (χ0v) is 16.7. The van der Waals surface area contributed by atoms with Crippen molar-refractivity contribution >= 4 is 5.91 Å². The van der Waals surface area contributed by atoms with Crippen LogP contribution in [0.5, 0.6) is 5.75 Å². The zero-order valence-electron chi connectivity index (χ0n) is 16.7. The van der Waals surface area contributed by atoms with E-state index in [0.29, 0.717) is 19.2 Å². The maximum absolute atomic E-state index is 11.7. The fourth-order valence-corrected chi connectivity index (χ4v) is 2.94. The van der Waals surface area contributed by atoms with Crippen molar-refractivity contribution in [3.8, 4) is 5.75 Å². The summed E-state index contributed by atoms with van der Waals surface area (Å²) < 4.78 is 5.59. The largest absolute Gasteiger partial charge is 0.489 e. The van der Waals surface area contributed by atoms with E-state index >= 15 is 0 Å². The Morgan fingerprint density at radius 2 is 1.57 bits per heavy atom. The third-order valence-electron chi connectivity index (χ3n) is 4.97. The van der Waals surface area contributed by atoms with Gasteiger partial charge in [0.2, 0.25) is 5.91 Å². The molecule has 5 heteroatoms. The molecule has 5 nitrogen and oxygen atoms in total. The summed E-state index contributed by atoms with van der Waals surface area (Å²) >= 11 is 0. The van der Waals surface area contributed by atoms with Crippen molar-refractivity contribution in [3.63, 3.8) is 0 Å². The first-order valence-electron chi connectivity index (χ1n) is 10.1. The van der Waals surface area contributed by atoms with Crippen LogP contribution < -0.4 is 10.1 Å². The highest BCUT2D eigenvalue weighted by Crippen LogP contribution is 2.18. The Hall–Kier alpha value is -2.37. The molecule has 2 aliphatic rings. The minimum atomic E-state index is 0.269. The van der Waals surface area contributed by atoms with Crippen molar-refractivity contribution in [3.05, 3.63) is 66.2 Å². The highest BCUT2D eigenvalue weighted by molar-refractivity contribution is 5.78. The summed E-state index contributed by atoms with van der Waals surface area (Å²) in [5, 5.41) is 3.26. The monoisotopic (exact) mass is 381 g/mol. The van der Waals surface area contributed by atoms with Crippen LogP contribution in [0.4, 0.5) is 0 Å². The van der Waals surface area contributed by atoms with Gasteiger partial charge in [-0.25, -0.2) is 0 Å². The smallest absolute Gasteiger partial charge is 0.236 e. The number of piperazine rings is 1. The van der Waals surface area contributed by atoms with Gasteiger partial charge in [-0.2, -0.15) is 0 Å². The van der Waals surface area contributed by atoms with Gasteiger partial charge in [0.05, 0.1) is 6.54 Å². The number of carbonyl (C=O) groups excluding carboxylic acids is 1. The van der Waals surface area contributed by atoms with Gasteiger partial charge in [0.1, 0.15) is 12.4 Å². The molecule has 1 saturated heterocycles. The Balaban J connectivity index is 0.000000161. The van der Waals surface area contributed by atoms with Crippen LogP contribution in [0.1, 0.15) is 18.4 Å². The number of benzene rings is 2. The number of rotatable bonds is 6. The second-order valence-corrected chi connectivity index (χ2v) is 7.43. The summed E-state index contributed by atoms with van der Waals surface area (Å²) in [6.07, 6.45) is 2.49. The molecule has 1 aliphatic heterocycles. The van der Waals surface area contributed by atoms with Crippen LogP contribution >= 0.6 is 0 Å². The molecule has 4 rings (SSSR count). The molecule has 1 aliphatic carbocycles. The van der Waals surface area contributed by atoms with E-state index in [1.165, 1.54) is 18.4 Å². The van der Waals surface area contributed by atoms with Gasteiger partial charge in [-0.05, 0) is 37.6 Å². The van der Waals surface area contributed by atoms with E-state index in [4.69, 9.17) is 4.74 Å². The van der Waals surface area contributed by atoms with E-state index in [1.807, 2.05) is 53.4 Å². The van der Waals surface area contributed by atoms with Crippen molar-refractivity contribution < 1.29 is 9.53 Å². The quantitative estimate of drug-likeness (QED) is 0.836. The molecule has 2 aromatic carbocycles. The lowest BCUT2D eigenvalue weighted by atomic mass is 10.2. The van der Waals surface area contributed by atoms with Gasteiger partial charge >= 0.3 is 0 Å². The summed E-state index contributed by atoms with van der Waals surface area (Å²) in [5.74, 6) is 1.18. The molecule has 0 bridgehead atoms. The van der Waals surface area contributed by atoms with Crippen molar-refractivity contribution in [2.45, 2.75) is 25.5 Å². The standard InChI is InChI=1S/C13H12O.C10H19N3O/c1-3-7-12(8-4-1)11-14-13-9-5-2-6-10-13;1-12-4-6-13(7-5-12)10(14)8-11-9-2-3-9/h1-10H,11H2;9,11H,2-8H2,1H3. The number of carbonyl (C=O) groups is 1. The van der Waals surface area contributed by atoms with Crippen LogP contribution in [-0.2, 0) is 11.4 Å². The van der Waals surface area contributed by atoms with Gasteiger partial charge in [0.25, 0.3) is 0 Å². The minimum Gasteiger partial charge on any atom is -0.489 e. The first-order chi connectivity index (χ1) is 13.7. The molecular formula is C23H31N3O2. The van der Waals surface area contributed by atoms with Gasteiger partial charge in [-0.1, -0.05) is 48.5 Å². The van der Waals surface area contributed by atoms with E-state index < -0.39 is 0 Å². The number of ether oxygens (including phenoxy) is 1. The minimum absolute atomic E-state index is 0.269. The number of amides is 1. The first kappa shape index (κ1) is 20.4. The molecule has 0 aromatic heterocycles. The van der Waals surface area contributed by atoms with E-state index in [1.54, 1.807) is 0 Å². The summed E-state index contributed by atoms with van der Waals surface area (Å²) in [5.41, 5.74) is 1.19. The number of nitrogens with one attached hydrogen (secondary N) is 1. The Morgan fingerprint density at radius 3 is 2.18 bits per heavy atom. The van der Waals surface area contributed by atoms with Crippen molar-refractivity contribution in [2.75, 3.05) is 39.8 Å². The van der Waals surface area contributed by atoms with Crippen molar-refractivity contribution in [1.29, 1.82) is 0 Å². The first-order valence-corrected chi connectivity index (χ1v) is 10.1. The lowest BCUT2D eigenvalue weighted by Crippen LogP contribution is -2.49. The topological polar surface area (TPSA) is 44.8 Å². The van der Waals surface area contributed by atoms with Crippen LogP contribution in [-0.4, -0.2) is 61.5 Å². The van der Waals surface area contributed by atoms with E-state index in [-0.39, 0.29) is 5.91 Å². The molecule has 150 valence electrons. The molecule has 28 heavy (non-hydrogen) atoms. The number of para-hydroxylation sites is 1. The van der Waals surface area contributed by atoms with Crippen molar-refractivity contribution in [1.82, 2.24) is 15.1 Å². The summed E-state index contributed by atoms with van der Waals surface area (Å²) in [4.78, 5) is 15.9. The van der Waals surface area contributed by atoms with Crippen LogP contribution in [0.3, 0.4) is 0 Å². The average Bonchev–Trinajstić information content (AvgIpc) is 3.58. The van der Waals surface area contributed by atoms with E-state index in [0.717, 1.165) is 31.9 Å². The van der Waals surface area contributed by atoms with Gasteiger partial charge in [0.15, 0.2) is 0 Å². The summed E-state index contributed by atoms with van der Waals surface area (Å²) in [6, 6.07) is 20.6. The third-order valence-corrected chi connectivity index (χ3v) is 4.97. The summed E-state index contributed by atoms with van der Waals surface area (Å²) in [6.45, 7) is 4.97. The Bertz CT molecular complexity index is 657. The Labute approximate surface area is 168 Å². The fourth-order valence-electron chi connectivity index (χ4n) is 2.94. The summed E-state index contributed by atoms with van der Waals surface area (Å²) in [7, 11) is 2.10. The molecule has 1 heterocycles. The maximum atomic E-state index is 11.7. The predicted molar refractivity (Wildman–Crippen MR) is 112 cm³/mol. The average molecular weight is 382 g/mol. The van der Waals surface area contributed by atoms with Crippen LogP contribution in [0.15, 0.2) is 60.7 Å². The normalized spacial score (nSPS) is 16.8. The second-order valence-electron chi connectivity index (χ2n) is 7.43. The lowest BCUT2D eigenvalue weighted by molar-refractivity contribution is -0.131. The molecule has 0 atom stereocenters. The molecule has 1 amide bonds. The molecule has 1 N–H and O–H groups in total. The number of likely N-dealkylation sites (N-methyl/N-ethyl adjacent to an activating group) is 1. The number of hydrogen-bond donors (Lipinski definition) is 1. The van der Waals surface area contributed by atoms with Crippen LogP contribution in [0, 0.1) is 0 Å². The third kappa shape index (κ3) is 7.33. The molecule has 0 radical (unpaired) electrons. The molecule has 0 spiro atoms. The highest BCUT2D eigenvalue weighted by Gasteiger charge is 2.24. The van der Waals surface area contributed by atoms with E-state index in [9.17, 15) is 4.79 Å². The van der Waals surface area contributed by atoms with Crippen LogP contribution in [0.2, 0.25) is 0 Å². The SMILES string of the molecule is CN1CCN(C(=O)CNC2CC2)CC1.c1ccc(COc2ccccc2)cc1. The van der Waals surface area contributed by atoms with E-state index in [2.05, 4.69) is 29.4 Å².